The van der Waals surface area contributed by atoms with Gasteiger partial charge in [-0.15, -0.1) is 6.58 Å². The van der Waals surface area contributed by atoms with Crippen molar-refractivity contribution in [2.75, 3.05) is 0 Å². The number of nitrogens with one attached hydrogen (secondary N) is 1. The fourth-order valence-corrected chi connectivity index (χ4v) is 2.27. The van der Waals surface area contributed by atoms with Crippen molar-refractivity contribution in [2.24, 2.45) is 17.6 Å². The predicted octanol–water partition coefficient (Wildman–Crippen LogP) is 1.83. The minimum Gasteiger partial charge on any atom is -0.352 e. The van der Waals surface area contributed by atoms with Gasteiger partial charge in [0.2, 0.25) is 5.91 Å². The van der Waals surface area contributed by atoms with Crippen LogP contribution in [0.5, 0.6) is 0 Å². The maximum absolute atomic E-state index is 11.7. The molecule has 0 aromatic heterocycles. The zero-order valence-corrected chi connectivity index (χ0v) is 10.4. The van der Waals surface area contributed by atoms with Crippen LogP contribution in [0.2, 0.25) is 0 Å². The van der Waals surface area contributed by atoms with Gasteiger partial charge in [0.05, 0.1) is 6.04 Å². The molecular formula is C13H24N2O. The van der Waals surface area contributed by atoms with Crippen molar-refractivity contribution < 1.29 is 4.79 Å². The first-order chi connectivity index (χ1) is 7.54. The number of hydrogen-bond donors (Lipinski definition) is 2. The van der Waals surface area contributed by atoms with Gasteiger partial charge in [0.1, 0.15) is 0 Å². The molecule has 92 valence electrons. The molecule has 1 aliphatic rings. The highest BCUT2D eigenvalue weighted by molar-refractivity contribution is 5.81. The molecule has 0 radical (unpaired) electrons. The summed E-state index contributed by atoms with van der Waals surface area (Å²) in [7, 11) is 0. The molecule has 1 saturated carbocycles. The van der Waals surface area contributed by atoms with Crippen LogP contribution < -0.4 is 11.1 Å². The average molecular weight is 224 g/mol. The van der Waals surface area contributed by atoms with Crippen LogP contribution in [0.4, 0.5) is 0 Å². The number of carbonyl (C=O) groups excluding carboxylic acids is 1. The summed E-state index contributed by atoms with van der Waals surface area (Å²) in [6.45, 7) is 8.13. The number of hydrogen-bond acceptors (Lipinski definition) is 2. The molecule has 0 saturated heterocycles. The zero-order chi connectivity index (χ0) is 12.1. The van der Waals surface area contributed by atoms with Crippen molar-refractivity contribution in [1.82, 2.24) is 5.32 Å². The number of rotatable bonds is 4. The van der Waals surface area contributed by atoms with Crippen LogP contribution in [0.15, 0.2) is 12.7 Å². The first kappa shape index (κ1) is 13.2. The lowest BCUT2D eigenvalue weighted by Gasteiger charge is -2.33. The highest BCUT2D eigenvalue weighted by atomic mass is 16.2. The summed E-state index contributed by atoms with van der Waals surface area (Å²) in [6, 6.07) is -0.123. The molecule has 4 atom stereocenters. The van der Waals surface area contributed by atoms with Crippen LogP contribution in [0.3, 0.4) is 0 Å². The topological polar surface area (TPSA) is 55.1 Å². The molecule has 3 N–H and O–H groups in total. The summed E-state index contributed by atoms with van der Waals surface area (Å²) in [5, 5.41) is 3.04. The fraction of sp³-hybridized carbons (Fsp3) is 0.769. The highest BCUT2D eigenvalue weighted by Crippen LogP contribution is 2.29. The number of carbonyl (C=O) groups is 1. The molecule has 1 rings (SSSR count). The summed E-state index contributed by atoms with van der Waals surface area (Å²) >= 11 is 0. The molecule has 3 heteroatoms. The average Bonchev–Trinajstić information content (AvgIpc) is 2.24. The van der Waals surface area contributed by atoms with E-state index in [1.54, 1.807) is 6.08 Å². The molecule has 0 aromatic carbocycles. The quantitative estimate of drug-likeness (QED) is 0.716. The second kappa shape index (κ2) is 6.04. The van der Waals surface area contributed by atoms with E-state index in [1.165, 1.54) is 6.42 Å². The van der Waals surface area contributed by atoms with Gasteiger partial charge in [0.25, 0.3) is 0 Å². The van der Waals surface area contributed by atoms with Crippen LogP contribution in [0, 0.1) is 11.8 Å². The van der Waals surface area contributed by atoms with Crippen molar-refractivity contribution in [2.45, 2.75) is 51.6 Å². The van der Waals surface area contributed by atoms with E-state index in [1.807, 2.05) is 0 Å². The van der Waals surface area contributed by atoms with Gasteiger partial charge >= 0.3 is 0 Å². The van der Waals surface area contributed by atoms with Crippen LogP contribution in [-0.2, 0) is 4.79 Å². The van der Waals surface area contributed by atoms with Gasteiger partial charge < -0.3 is 11.1 Å². The van der Waals surface area contributed by atoms with Gasteiger partial charge in [-0.1, -0.05) is 19.9 Å². The summed E-state index contributed by atoms with van der Waals surface area (Å²) in [6.07, 6.45) is 5.59. The molecule has 16 heavy (non-hydrogen) atoms. The Kier molecular flexibility index (Phi) is 5.00. The number of amides is 1. The SMILES string of the molecule is C=CCC(N)C(=O)NC1CCC(C)C(C)C1. The maximum Gasteiger partial charge on any atom is 0.237 e. The third-order valence-electron chi connectivity index (χ3n) is 3.70. The molecule has 0 aliphatic heterocycles. The molecule has 0 spiro atoms. The van der Waals surface area contributed by atoms with Crippen LogP contribution in [0.1, 0.15) is 39.5 Å². The lowest BCUT2D eigenvalue weighted by molar-refractivity contribution is -0.123. The van der Waals surface area contributed by atoms with Gasteiger partial charge in [-0.3, -0.25) is 4.79 Å². The second-order valence-corrected chi connectivity index (χ2v) is 5.10. The summed E-state index contributed by atoms with van der Waals surface area (Å²) in [4.78, 5) is 11.7. The van der Waals surface area contributed by atoms with Gasteiger partial charge in [0.15, 0.2) is 0 Å². The van der Waals surface area contributed by atoms with E-state index in [2.05, 4.69) is 25.7 Å². The normalized spacial score (nSPS) is 31.8. The first-order valence-corrected chi connectivity index (χ1v) is 6.21. The molecular weight excluding hydrogens is 200 g/mol. The van der Waals surface area contributed by atoms with E-state index in [4.69, 9.17) is 5.73 Å². The van der Waals surface area contributed by atoms with Gasteiger partial charge in [-0.05, 0) is 37.5 Å². The highest BCUT2D eigenvalue weighted by Gasteiger charge is 2.26. The van der Waals surface area contributed by atoms with E-state index < -0.39 is 6.04 Å². The first-order valence-electron chi connectivity index (χ1n) is 6.21. The Morgan fingerprint density at radius 2 is 2.19 bits per heavy atom. The van der Waals surface area contributed by atoms with Gasteiger partial charge in [0, 0.05) is 6.04 Å². The van der Waals surface area contributed by atoms with E-state index in [0.29, 0.717) is 18.4 Å². The smallest absolute Gasteiger partial charge is 0.237 e. The Morgan fingerprint density at radius 3 is 2.75 bits per heavy atom. The Hall–Kier alpha value is -0.830. The monoisotopic (exact) mass is 224 g/mol. The third kappa shape index (κ3) is 3.63. The van der Waals surface area contributed by atoms with Crippen LogP contribution >= 0.6 is 0 Å². The van der Waals surface area contributed by atoms with Crippen molar-refractivity contribution >= 4 is 5.91 Å². The Balaban J connectivity index is 2.37. The van der Waals surface area contributed by atoms with E-state index in [-0.39, 0.29) is 5.91 Å². The minimum atomic E-state index is -0.438. The maximum atomic E-state index is 11.7. The van der Waals surface area contributed by atoms with Gasteiger partial charge in [-0.25, -0.2) is 0 Å². The molecule has 3 nitrogen and oxygen atoms in total. The molecule has 1 fully saturated rings. The molecule has 0 heterocycles. The summed E-state index contributed by atoms with van der Waals surface area (Å²) in [5.41, 5.74) is 5.72. The van der Waals surface area contributed by atoms with Gasteiger partial charge in [-0.2, -0.15) is 0 Å². The van der Waals surface area contributed by atoms with Crippen molar-refractivity contribution in [1.29, 1.82) is 0 Å². The zero-order valence-electron chi connectivity index (χ0n) is 10.4. The number of nitrogens with two attached hydrogens (primary N) is 1. The lowest BCUT2D eigenvalue weighted by Crippen LogP contribution is -2.47. The molecule has 1 aliphatic carbocycles. The van der Waals surface area contributed by atoms with E-state index in [0.717, 1.165) is 18.8 Å². The third-order valence-corrected chi connectivity index (χ3v) is 3.70. The van der Waals surface area contributed by atoms with E-state index in [9.17, 15) is 4.79 Å². The Labute approximate surface area is 98.5 Å². The van der Waals surface area contributed by atoms with Crippen LogP contribution in [0.25, 0.3) is 0 Å². The predicted molar refractivity (Wildman–Crippen MR) is 66.9 cm³/mol. The van der Waals surface area contributed by atoms with Crippen molar-refractivity contribution in [3.8, 4) is 0 Å². The van der Waals surface area contributed by atoms with E-state index >= 15 is 0 Å². The Bertz CT molecular complexity index is 252. The van der Waals surface area contributed by atoms with Crippen molar-refractivity contribution in [3.05, 3.63) is 12.7 Å². The standard InChI is InChI=1S/C13H24N2O/c1-4-5-12(14)13(16)15-11-7-6-9(2)10(3)8-11/h4,9-12H,1,5-8,14H2,2-3H3,(H,15,16). The molecule has 0 bridgehead atoms. The Morgan fingerprint density at radius 1 is 1.50 bits per heavy atom. The minimum absolute atomic E-state index is 0.0355. The van der Waals surface area contributed by atoms with Crippen LogP contribution in [-0.4, -0.2) is 18.0 Å². The molecule has 1 amide bonds. The lowest BCUT2D eigenvalue weighted by atomic mass is 9.79. The molecule has 0 aromatic rings. The second-order valence-electron chi connectivity index (χ2n) is 5.10. The summed E-state index contributed by atoms with van der Waals surface area (Å²) < 4.78 is 0. The summed E-state index contributed by atoms with van der Waals surface area (Å²) in [5.74, 6) is 1.43. The fourth-order valence-electron chi connectivity index (χ4n) is 2.27. The largest absolute Gasteiger partial charge is 0.352 e. The van der Waals surface area contributed by atoms with Crippen molar-refractivity contribution in [3.63, 3.8) is 0 Å². The molecule has 4 unspecified atom stereocenters.